The van der Waals surface area contributed by atoms with Gasteiger partial charge in [-0.1, -0.05) is 18.6 Å². The summed E-state index contributed by atoms with van der Waals surface area (Å²) in [6.07, 6.45) is 8.51. The lowest BCUT2D eigenvalue weighted by Gasteiger charge is -2.31. The van der Waals surface area contributed by atoms with E-state index in [0.29, 0.717) is 0 Å². The molecular formula is C18H26N2. The molecule has 1 aromatic carbocycles. The lowest BCUT2D eigenvalue weighted by molar-refractivity contribution is 0.337. The molecular weight excluding hydrogens is 244 g/mol. The molecule has 2 fully saturated rings. The fraction of sp³-hybridized carbons (Fsp3) is 0.667. The number of nitrogens with one attached hydrogen (secondary N) is 1. The predicted molar refractivity (Wildman–Crippen MR) is 85.5 cm³/mol. The van der Waals surface area contributed by atoms with Crippen molar-refractivity contribution < 1.29 is 0 Å². The van der Waals surface area contributed by atoms with Crippen LogP contribution < -0.4 is 10.2 Å². The number of para-hydroxylation sites is 1. The molecule has 2 saturated carbocycles. The van der Waals surface area contributed by atoms with Crippen molar-refractivity contribution in [2.24, 2.45) is 17.8 Å². The maximum absolute atomic E-state index is 3.63. The number of hydrogen-bond donors (Lipinski definition) is 1. The van der Waals surface area contributed by atoms with Gasteiger partial charge in [-0.3, -0.25) is 0 Å². The molecule has 2 heteroatoms. The van der Waals surface area contributed by atoms with Crippen LogP contribution in [0.1, 0.15) is 37.7 Å². The van der Waals surface area contributed by atoms with Gasteiger partial charge in [0.2, 0.25) is 0 Å². The molecule has 3 aliphatic rings. The van der Waals surface area contributed by atoms with E-state index in [1.165, 1.54) is 62.0 Å². The van der Waals surface area contributed by atoms with Crippen LogP contribution in [0.5, 0.6) is 0 Å². The number of anilines is 2. The Balaban J connectivity index is 1.52. The van der Waals surface area contributed by atoms with Gasteiger partial charge in [0.1, 0.15) is 0 Å². The van der Waals surface area contributed by atoms with E-state index in [-0.39, 0.29) is 0 Å². The normalized spacial score (nSPS) is 30.9. The molecule has 0 aromatic heterocycles. The summed E-state index contributed by atoms with van der Waals surface area (Å²) in [4.78, 5) is 2.52. The Kier molecular flexibility index (Phi) is 3.13. The first kappa shape index (κ1) is 12.6. The third kappa shape index (κ3) is 2.10. The maximum Gasteiger partial charge on any atom is 0.0610 e. The van der Waals surface area contributed by atoms with Crippen molar-refractivity contribution in [1.29, 1.82) is 0 Å². The van der Waals surface area contributed by atoms with Crippen LogP contribution in [-0.4, -0.2) is 20.1 Å². The molecule has 1 aromatic rings. The van der Waals surface area contributed by atoms with Crippen molar-refractivity contribution in [2.75, 3.05) is 30.4 Å². The second-order valence-corrected chi connectivity index (χ2v) is 7.16. The van der Waals surface area contributed by atoms with Crippen molar-refractivity contribution in [3.8, 4) is 0 Å². The summed E-state index contributed by atoms with van der Waals surface area (Å²) >= 11 is 0. The summed E-state index contributed by atoms with van der Waals surface area (Å²) < 4.78 is 0. The molecule has 0 amide bonds. The van der Waals surface area contributed by atoms with E-state index in [1.54, 1.807) is 0 Å². The second-order valence-electron chi connectivity index (χ2n) is 7.16. The average molecular weight is 270 g/mol. The molecule has 2 bridgehead atoms. The number of aryl methyl sites for hydroxylation is 1. The minimum Gasteiger partial charge on any atom is -0.383 e. The molecule has 1 aliphatic heterocycles. The molecule has 4 rings (SSSR count). The van der Waals surface area contributed by atoms with Crippen LogP contribution in [0.3, 0.4) is 0 Å². The zero-order valence-electron chi connectivity index (χ0n) is 12.6. The van der Waals surface area contributed by atoms with Crippen molar-refractivity contribution in [3.05, 3.63) is 23.8 Å². The number of benzene rings is 1. The van der Waals surface area contributed by atoms with Gasteiger partial charge >= 0.3 is 0 Å². The van der Waals surface area contributed by atoms with Gasteiger partial charge < -0.3 is 10.2 Å². The largest absolute Gasteiger partial charge is 0.383 e. The van der Waals surface area contributed by atoms with Crippen molar-refractivity contribution in [3.63, 3.8) is 0 Å². The zero-order valence-corrected chi connectivity index (χ0v) is 12.6. The van der Waals surface area contributed by atoms with E-state index in [2.05, 4.69) is 35.5 Å². The molecule has 0 saturated heterocycles. The Morgan fingerprint density at radius 3 is 3.00 bits per heavy atom. The molecule has 3 unspecified atom stereocenters. The molecule has 1 N–H and O–H groups in total. The minimum atomic E-state index is 0.943. The SMILES string of the molecule is CN(CC1CC2CCC1C2)c1cccc2c1NCCC2. The zero-order chi connectivity index (χ0) is 13.5. The highest BCUT2D eigenvalue weighted by atomic mass is 15.1. The average Bonchev–Trinajstić information content (AvgIpc) is 3.09. The van der Waals surface area contributed by atoms with Crippen LogP contribution in [0.2, 0.25) is 0 Å². The molecule has 3 atom stereocenters. The number of fused-ring (bicyclic) bond motifs is 3. The van der Waals surface area contributed by atoms with E-state index in [9.17, 15) is 0 Å². The van der Waals surface area contributed by atoms with Crippen LogP contribution in [0.25, 0.3) is 0 Å². The smallest absolute Gasteiger partial charge is 0.0610 e. The number of nitrogens with zero attached hydrogens (tertiary/aromatic N) is 1. The Bertz CT molecular complexity index is 496. The molecule has 2 aliphatic carbocycles. The lowest BCUT2D eigenvalue weighted by Crippen LogP contribution is -2.29. The Hall–Kier alpha value is -1.18. The van der Waals surface area contributed by atoms with Crippen LogP contribution in [0.15, 0.2) is 18.2 Å². The van der Waals surface area contributed by atoms with Crippen molar-refractivity contribution in [1.82, 2.24) is 0 Å². The summed E-state index contributed by atoms with van der Waals surface area (Å²) in [6.45, 7) is 2.38. The van der Waals surface area contributed by atoms with Crippen LogP contribution >= 0.6 is 0 Å². The molecule has 0 radical (unpaired) electrons. The summed E-state index contributed by atoms with van der Waals surface area (Å²) in [7, 11) is 2.29. The monoisotopic (exact) mass is 270 g/mol. The van der Waals surface area contributed by atoms with Gasteiger partial charge in [0.25, 0.3) is 0 Å². The van der Waals surface area contributed by atoms with Crippen molar-refractivity contribution >= 4 is 11.4 Å². The third-order valence-corrected chi connectivity index (χ3v) is 5.86. The highest BCUT2D eigenvalue weighted by Gasteiger charge is 2.39. The van der Waals surface area contributed by atoms with Gasteiger partial charge in [-0.15, -0.1) is 0 Å². The van der Waals surface area contributed by atoms with Gasteiger partial charge in [-0.25, -0.2) is 0 Å². The van der Waals surface area contributed by atoms with Crippen molar-refractivity contribution in [2.45, 2.75) is 38.5 Å². The van der Waals surface area contributed by atoms with Crippen LogP contribution in [0.4, 0.5) is 11.4 Å². The first-order chi connectivity index (χ1) is 9.81. The first-order valence-corrected chi connectivity index (χ1v) is 8.38. The van der Waals surface area contributed by atoms with Gasteiger partial charge in [0.05, 0.1) is 11.4 Å². The standard InChI is InChI=1S/C18H26N2/c1-20(12-16-11-13-7-8-15(16)10-13)17-6-2-4-14-5-3-9-19-18(14)17/h2,4,6,13,15-16,19H,3,5,7-12H2,1H3. The molecule has 0 spiro atoms. The molecule has 20 heavy (non-hydrogen) atoms. The highest BCUT2D eigenvalue weighted by Crippen LogP contribution is 2.48. The van der Waals surface area contributed by atoms with Gasteiger partial charge in [-0.2, -0.15) is 0 Å². The van der Waals surface area contributed by atoms with E-state index in [1.807, 2.05) is 0 Å². The Morgan fingerprint density at radius 1 is 1.25 bits per heavy atom. The lowest BCUT2D eigenvalue weighted by atomic mass is 9.88. The summed E-state index contributed by atoms with van der Waals surface area (Å²) in [5.74, 6) is 3.02. The van der Waals surface area contributed by atoms with E-state index in [0.717, 1.165) is 24.3 Å². The minimum absolute atomic E-state index is 0.943. The summed E-state index contributed by atoms with van der Waals surface area (Å²) in [5, 5.41) is 3.63. The second kappa shape index (κ2) is 4.98. The van der Waals surface area contributed by atoms with Gasteiger partial charge in [-0.05, 0) is 61.5 Å². The first-order valence-electron chi connectivity index (χ1n) is 8.38. The fourth-order valence-electron chi connectivity index (χ4n) is 4.86. The van der Waals surface area contributed by atoms with Crippen LogP contribution in [-0.2, 0) is 6.42 Å². The van der Waals surface area contributed by atoms with E-state index in [4.69, 9.17) is 0 Å². The predicted octanol–water partition coefficient (Wildman–Crippen LogP) is 3.92. The Labute approximate surface area is 122 Å². The third-order valence-electron chi connectivity index (χ3n) is 5.86. The van der Waals surface area contributed by atoms with E-state index >= 15 is 0 Å². The summed E-state index contributed by atoms with van der Waals surface area (Å²) in [5.41, 5.74) is 4.34. The maximum atomic E-state index is 3.63. The molecule has 2 nitrogen and oxygen atoms in total. The summed E-state index contributed by atoms with van der Waals surface area (Å²) in [6, 6.07) is 6.82. The Morgan fingerprint density at radius 2 is 2.20 bits per heavy atom. The topological polar surface area (TPSA) is 15.3 Å². The number of rotatable bonds is 3. The van der Waals surface area contributed by atoms with Crippen LogP contribution in [0, 0.1) is 17.8 Å². The molecule has 108 valence electrons. The molecule has 1 heterocycles. The quantitative estimate of drug-likeness (QED) is 0.895. The van der Waals surface area contributed by atoms with E-state index < -0.39 is 0 Å². The van der Waals surface area contributed by atoms with Gasteiger partial charge in [0.15, 0.2) is 0 Å². The highest BCUT2D eigenvalue weighted by molar-refractivity contribution is 5.74. The van der Waals surface area contributed by atoms with Gasteiger partial charge in [0, 0.05) is 20.1 Å². The number of hydrogen-bond acceptors (Lipinski definition) is 2. The fourth-order valence-corrected chi connectivity index (χ4v) is 4.86.